The summed E-state index contributed by atoms with van der Waals surface area (Å²) in [5.74, 6) is 0.831. The van der Waals surface area contributed by atoms with E-state index in [1.54, 1.807) is 0 Å². The molecule has 0 aromatic heterocycles. The summed E-state index contributed by atoms with van der Waals surface area (Å²) < 4.78 is 6.35. The number of unbranched alkanes of at least 4 members (excludes halogenated alkanes) is 1. The molecule has 1 aliphatic rings. The first-order valence-corrected chi connectivity index (χ1v) is 6.24. The highest BCUT2D eigenvalue weighted by molar-refractivity contribution is 9.10. The van der Waals surface area contributed by atoms with Gasteiger partial charge >= 0.3 is 0 Å². The molecule has 0 fully saturated rings. The van der Waals surface area contributed by atoms with E-state index in [1.807, 2.05) is 23.1 Å². The molecular weight excluding hydrogens is 270 g/mol. The smallest absolute Gasteiger partial charge is 0.265 e. The second-order valence-electron chi connectivity index (χ2n) is 3.80. The van der Waals surface area contributed by atoms with Crippen molar-refractivity contribution in [3.63, 3.8) is 0 Å². The third kappa shape index (κ3) is 2.21. The van der Waals surface area contributed by atoms with Crippen molar-refractivity contribution in [2.75, 3.05) is 18.1 Å². The van der Waals surface area contributed by atoms with E-state index in [-0.39, 0.29) is 12.5 Å². The Morgan fingerprint density at radius 3 is 3.06 bits per heavy atom. The number of benzene rings is 1. The molecule has 2 rings (SSSR count). The minimum absolute atomic E-state index is 0.0408. The van der Waals surface area contributed by atoms with Gasteiger partial charge in [-0.2, -0.15) is 0 Å². The van der Waals surface area contributed by atoms with Gasteiger partial charge in [-0.05, 0) is 24.6 Å². The Kier molecular flexibility index (Phi) is 3.49. The standard InChI is InChI=1S/C12H14BrNO2/c1-2-3-6-14-10-7-9(13)4-5-11(10)16-8-12(14)15/h4-5,7H,2-3,6,8H2,1H3. The van der Waals surface area contributed by atoms with Gasteiger partial charge < -0.3 is 9.64 Å². The van der Waals surface area contributed by atoms with Gasteiger partial charge in [0.1, 0.15) is 5.75 Å². The number of carbonyl (C=O) groups excluding carboxylic acids is 1. The van der Waals surface area contributed by atoms with Gasteiger partial charge in [0.2, 0.25) is 0 Å². The van der Waals surface area contributed by atoms with Crippen LogP contribution in [0.3, 0.4) is 0 Å². The van der Waals surface area contributed by atoms with Crippen LogP contribution >= 0.6 is 15.9 Å². The van der Waals surface area contributed by atoms with E-state index in [9.17, 15) is 4.79 Å². The summed E-state index contributed by atoms with van der Waals surface area (Å²) in [6.07, 6.45) is 2.09. The molecule has 1 aromatic carbocycles. The van der Waals surface area contributed by atoms with Crippen molar-refractivity contribution in [3.8, 4) is 5.75 Å². The summed E-state index contributed by atoms with van der Waals surface area (Å²) >= 11 is 3.41. The second kappa shape index (κ2) is 4.87. The molecule has 0 saturated carbocycles. The third-order valence-electron chi connectivity index (χ3n) is 2.60. The number of fused-ring (bicyclic) bond motifs is 1. The minimum atomic E-state index is 0.0408. The minimum Gasteiger partial charge on any atom is -0.482 e. The maximum atomic E-state index is 11.8. The van der Waals surface area contributed by atoms with E-state index in [0.29, 0.717) is 0 Å². The molecule has 0 aliphatic carbocycles. The Balaban J connectivity index is 2.31. The van der Waals surface area contributed by atoms with Gasteiger partial charge in [-0.1, -0.05) is 29.3 Å². The molecule has 1 aromatic rings. The summed E-state index contributed by atoms with van der Waals surface area (Å²) in [6.45, 7) is 3.03. The number of amides is 1. The molecule has 0 N–H and O–H groups in total. The van der Waals surface area contributed by atoms with Crippen molar-refractivity contribution in [1.82, 2.24) is 0 Å². The van der Waals surface area contributed by atoms with Crippen LogP contribution in [0.4, 0.5) is 5.69 Å². The molecule has 1 heterocycles. The number of anilines is 1. The van der Waals surface area contributed by atoms with Crippen molar-refractivity contribution in [2.45, 2.75) is 19.8 Å². The quantitative estimate of drug-likeness (QED) is 0.854. The van der Waals surface area contributed by atoms with Crippen molar-refractivity contribution in [3.05, 3.63) is 22.7 Å². The average Bonchev–Trinajstić information content (AvgIpc) is 2.28. The first-order chi connectivity index (χ1) is 7.72. The highest BCUT2D eigenvalue weighted by atomic mass is 79.9. The Hall–Kier alpha value is -1.03. The number of hydrogen-bond acceptors (Lipinski definition) is 2. The highest BCUT2D eigenvalue weighted by Gasteiger charge is 2.24. The average molecular weight is 284 g/mol. The fourth-order valence-electron chi connectivity index (χ4n) is 1.74. The number of ether oxygens (including phenoxy) is 1. The molecule has 0 spiro atoms. The largest absolute Gasteiger partial charge is 0.482 e. The summed E-state index contributed by atoms with van der Waals surface area (Å²) in [7, 11) is 0. The SMILES string of the molecule is CCCCN1C(=O)COc2ccc(Br)cc21. The summed E-state index contributed by atoms with van der Waals surface area (Å²) in [5, 5.41) is 0. The van der Waals surface area contributed by atoms with Gasteiger partial charge in [0.05, 0.1) is 5.69 Å². The van der Waals surface area contributed by atoms with Crippen LogP contribution in [0.1, 0.15) is 19.8 Å². The molecule has 0 unspecified atom stereocenters. The van der Waals surface area contributed by atoms with E-state index in [1.165, 1.54) is 0 Å². The summed E-state index contributed by atoms with van der Waals surface area (Å²) in [6, 6.07) is 5.75. The van der Waals surface area contributed by atoms with E-state index >= 15 is 0 Å². The maximum absolute atomic E-state index is 11.8. The van der Waals surface area contributed by atoms with Crippen molar-refractivity contribution >= 4 is 27.5 Å². The number of rotatable bonds is 3. The van der Waals surface area contributed by atoms with Crippen LogP contribution in [0.5, 0.6) is 5.75 Å². The normalized spacial score (nSPS) is 14.6. The first-order valence-electron chi connectivity index (χ1n) is 5.45. The molecule has 4 heteroatoms. The maximum Gasteiger partial charge on any atom is 0.265 e. The molecule has 0 bridgehead atoms. The lowest BCUT2D eigenvalue weighted by Crippen LogP contribution is -2.39. The predicted molar refractivity (Wildman–Crippen MR) is 66.9 cm³/mol. The molecule has 16 heavy (non-hydrogen) atoms. The van der Waals surface area contributed by atoms with Crippen LogP contribution in [0, 0.1) is 0 Å². The zero-order chi connectivity index (χ0) is 11.5. The van der Waals surface area contributed by atoms with E-state index in [0.717, 1.165) is 35.3 Å². The lowest BCUT2D eigenvalue weighted by molar-refractivity contribution is -0.121. The van der Waals surface area contributed by atoms with Crippen LogP contribution < -0.4 is 9.64 Å². The van der Waals surface area contributed by atoms with Gasteiger partial charge in [-0.25, -0.2) is 0 Å². The molecule has 0 saturated heterocycles. The fraction of sp³-hybridized carbons (Fsp3) is 0.417. The zero-order valence-corrected chi connectivity index (χ0v) is 10.8. The fourth-order valence-corrected chi connectivity index (χ4v) is 2.09. The van der Waals surface area contributed by atoms with Crippen molar-refractivity contribution in [2.24, 2.45) is 0 Å². The Labute approximate surface area is 104 Å². The Morgan fingerprint density at radius 1 is 1.50 bits per heavy atom. The number of hydrogen-bond donors (Lipinski definition) is 0. The van der Waals surface area contributed by atoms with Gasteiger partial charge in [-0.15, -0.1) is 0 Å². The molecular formula is C12H14BrNO2. The molecule has 86 valence electrons. The van der Waals surface area contributed by atoms with Crippen molar-refractivity contribution < 1.29 is 9.53 Å². The lowest BCUT2D eigenvalue weighted by atomic mass is 10.2. The lowest BCUT2D eigenvalue weighted by Gasteiger charge is -2.29. The van der Waals surface area contributed by atoms with Gasteiger partial charge in [0.25, 0.3) is 5.91 Å². The topological polar surface area (TPSA) is 29.5 Å². The van der Waals surface area contributed by atoms with E-state index in [4.69, 9.17) is 4.74 Å². The predicted octanol–water partition coefficient (Wildman–Crippen LogP) is 2.97. The van der Waals surface area contributed by atoms with E-state index in [2.05, 4.69) is 22.9 Å². The third-order valence-corrected chi connectivity index (χ3v) is 3.09. The molecule has 0 radical (unpaired) electrons. The molecule has 1 amide bonds. The molecule has 1 aliphatic heterocycles. The van der Waals surface area contributed by atoms with Gasteiger partial charge in [0.15, 0.2) is 6.61 Å². The van der Waals surface area contributed by atoms with Gasteiger partial charge in [0, 0.05) is 11.0 Å². The monoisotopic (exact) mass is 283 g/mol. The Bertz CT molecular complexity index is 406. The van der Waals surface area contributed by atoms with Crippen LogP contribution in [0.15, 0.2) is 22.7 Å². The number of halogens is 1. The summed E-state index contributed by atoms with van der Waals surface area (Å²) in [5.41, 5.74) is 0.874. The van der Waals surface area contributed by atoms with Crippen LogP contribution in [-0.4, -0.2) is 19.1 Å². The van der Waals surface area contributed by atoms with E-state index < -0.39 is 0 Å². The van der Waals surface area contributed by atoms with Crippen LogP contribution in [-0.2, 0) is 4.79 Å². The zero-order valence-electron chi connectivity index (χ0n) is 9.20. The second-order valence-corrected chi connectivity index (χ2v) is 4.72. The van der Waals surface area contributed by atoms with Gasteiger partial charge in [-0.3, -0.25) is 4.79 Å². The van der Waals surface area contributed by atoms with Crippen LogP contribution in [0.2, 0.25) is 0 Å². The number of nitrogens with zero attached hydrogens (tertiary/aromatic N) is 1. The van der Waals surface area contributed by atoms with Crippen LogP contribution in [0.25, 0.3) is 0 Å². The first kappa shape index (κ1) is 11.5. The Morgan fingerprint density at radius 2 is 2.31 bits per heavy atom. The van der Waals surface area contributed by atoms with Crippen molar-refractivity contribution in [1.29, 1.82) is 0 Å². The highest BCUT2D eigenvalue weighted by Crippen LogP contribution is 2.34. The molecule has 3 nitrogen and oxygen atoms in total. The summed E-state index contributed by atoms with van der Waals surface area (Å²) in [4.78, 5) is 13.6. The molecule has 0 atom stereocenters. The number of carbonyl (C=O) groups is 1.